The molecule has 3 rings (SSSR count). The zero-order valence-electron chi connectivity index (χ0n) is 11.5. The molecule has 6 nitrogen and oxygen atoms in total. The molecule has 0 saturated carbocycles. The summed E-state index contributed by atoms with van der Waals surface area (Å²) < 4.78 is 0. The van der Waals surface area contributed by atoms with Crippen LogP contribution in [0.25, 0.3) is 0 Å². The molecule has 2 aromatic rings. The first-order chi connectivity index (χ1) is 9.24. The first-order valence-electron chi connectivity index (χ1n) is 6.25. The van der Waals surface area contributed by atoms with Gasteiger partial charge in [-0.25, -0.2) is 0 Å². The summed E-state index contributed by atoms with van der Waals surface area (Å²) in [5, 5.41) is 13.2. The Morgan fingerprint density at radius 2 is 2.19 bits per heavy atom. The van der Waals surface area contributed by atoms with Crippen molar-refractivity contribution in [3.05, 3.63) is 41.0 Å². The van der Waals surface area contributed by atoms with Crippen molar-refractivity contribution in [2.24, 2.45) is 0 Å². The van der Waals surface area contributed by atoms with Crippen molar-refractivity contribution in [1.82, 2.24) is 20.5 Å². The van der Waals surface area contributed by atoms with Crippen LogP contribution in [0.5, 0.6) is 0 Å². The summed E-state index contributed by atoms with van der Waals surface area (Å²) in [7, 11) is 0. The Balaban J connectivity index is 0.00000110. The van der Waals surface area contributed by atoms with Gasteiger partial charge in [0.25, 0.3) is 5.91 Å². The standard InChI is InChI=1S/C13H15N5O.2ClH/c1-8-6-9(2-5-15-8)16-13(19)12-10-7-14-4-3-11(10)17-18-12;;/h2,5-6,14H,3-4,7H2,1H3,(H,17,18)(H,15,16,19);2*1H. The smallest absolute Gasteiger partial charge is 0.276 e. The van der Waals surface area contributed by atoms with Gasteiger partial charge in [0.15, 0.2) is 5.69 Å². The average molecular weight is 330 g/mol. The summed E-state index contributed by atoms with van der Waals surface area (Å²) in [6, 6.07) is 3.59. The van der Waals surface area contributed by atoms with Gasteiger partial charge in [-0.2, -0.15) is 5.10 Å². The molecule has 0 aliphatic carbocycles. The van der Waals surface area contributed by atoms with Crippen molar-refractivity contribution >= 4 is 36.4 Å². The number of aryl methyl sites for hydroxylation is 1. The van der Waals surface area contributed by atoms with Crippen LogP contribution in [0.4, 0.5) is 5.69 Å². The molecule has 3 N–H and O–H groups in total. The lowest BCUT2D eigenvalue weighted by atomic mass is 10.1. The zero-order chi connectivity index (χ0) is 13.2. The number of amides is 1. The van der Waals surface area contributed by atoms with Crippen molar-refractivity contribution in [1.29, 1.82) is 0 Å². The Bertz CT molecular complexity index is 629. The summed E-state index contributed by atoms with van der Waals surface area (Å²) in [5.74, 6) is -0.188. The fourth-order valence-corrected chi connectivity index (χ4v) is 2.23. The molecule has 21 heavy (non-hydrogen) atoms. The van der Waals surface area contributed by atoms with Crippen LogP contribution in [-0.2, 0) is 13.0 Å². The Morgan fingerprint density at radius 1 is 1.38 bits per heavy atom. The third-order valence-electron chi connectivity index (χ3n) is 3.18. The van der Waals surface area contributed by atoms with Crippen molar-refractivity contribution in [2.45, 2.75) is 19.9 Å². The molecule has 0 unspecified atom stereocenters. The summed E-state index contributed by atoms with van der Waals surface area (Å²) in [4.78, 5) is 16.3. The zero-order valence-corrected chi connectivity index (χ0v) is 13.1. The van der Waals surface area contributed by atoms with Gasteiger partial charge in [0, 0.05) is 48.3 Å². The lowest BCUT2D eigenvalue weighted by Crippen LogP contribution is -2.25. The van der Waals surface area contributed by atoms with Gasteiger partial charge >= 0.3 is 0 Å². The van der Waals surface area contributed by atoms with E-state index in [-0.39, 0.29) is 30.7 Å². The van der Waals surface area contributed by atoms with E-state index in [9.17, 15) is 4.79 Å². The highest BCUT2D eigenvalue weighted by atomic mass is 35.5. The molecule has 0 atom stereocenters. The number of hydrogen-bond acceptors (Lipinski definition) is 4. The van der Waals surface area contributed by atoms with Gasteiger partial charge < -0.3 is 10.6 Å². The minimum atomic E-state index is -0.188. The third-order valence-corrected chi connectivity index (χ3v) is 3.18. The normalized spacial score (nSPS) is 12.6. The molecule has 0 bridgehead atoms. The Kier molecular flexibility index (Phi) is 6.14. The van der Waals surface area contributed by atoms with E-state index >= 15 is 0 Å². The van der Waals surface area contributed by atoms with Crippen LogP contribution in [0.3, 0.4) is 0 Å². The molecular weight excluding hydrogens is 313 g/mol. The molecule has 0 radical (unpaired) electrons. The number of anilines is 1. The summed E-state index contributed by atoms with van der Waals surface area (Å²) in [5.41, 5.74) is 4.09. The van der Waals surface area contributed by atoms with Crippen LogP contribution >= 0.6 is 24.8 Å². The van der Waals surface area contributed by atoms with Crippen LogP contribution in [0.15, 0.2) is 18.3 Å². The molecule has 0 saturated heterocycles. The van der Waals surface area contributed by atoms with Crippen molar-refractivity contribution in [3.63, 3.8) is 0 Å². The third kappa shape index (κ3) is 3.72. The number of H-pyrrole nitrogens is 1. The highest BCUT2D eigenvalue weighted by Gasteiger charge is 2.21. The van der Waals surface area contributed by atoms with E-state index < -0.39 is 0 Å². The molecule has 8 heteroatoms. The quantitative estimate of drug-likeness (QED) is 0.785. The topological polar surface area (TPSA) is 82.7 Å². The number of pyridine rings is 1. The summed E-state index contributed by atoms with van der Waals surface area (Å²) >= 11 is 0. The predicted octanol–water partition coefficient (Wildman–Crippen LogP) is 1.85. The minimum Gasteiger partial charge on any atom is -0.320 e. The molecular formula is C13H17Cl2N5O. The van der Waals surface area contributed by atoms with Gasteiger partial charge in [0.05, 0.1) is 0 Å². The number of nitrogens with one attached hydrogen (secondary N) is 3. The van der Waals surface area contributed by atoms with Crippen LogP contribution < -0.4 is 10.6 Å². The summed E-state index contributed by atoms with van der Waals surface area (Å²) in [6.45, 7) is 3.49. The maximum atomic E-state index is 12.2. The van der Waals surface area contributed by atoms with Gasteiger partial charge in [0.1, 0.15) is 0 Å². The number of carbonyl (C=O) groups is 1. The van der Waals surface area contributed by atoms with E-state index in [4.69, 9.17) is 0 Å². The molecule has 1 aliphatic heterocycles. The molecule has 3 heterocycles. The molecule has 0 spiro atoms. The maximum absolute atomic E-state index is 12.2. The Hall–Kier alpha value is -1.63. The first kappa shape index (κ1) is 17.4. The van der Waals surface area contributed by atoms with Crippen LogP contribution in [0.2, 0.25) is 0 Å². The molecule has 1 aliphatic rings. The summed E-state index contributed by atoms with van der Waals surface area (Å²) in [6.07, 6.45) is 2.55. The average Bonchev–Trinajstić information content (AvgIpc) is 2.82. The lowest BCUT2D eigenvalue weighted by Gasteiger charge is -2.12. The van der Waals surface area contributed by atoms with Gasteiger partial charge in [-0.1, -0.05) is 0 Å². The Morgan fingerprint density at radius 3 is 2.95 bits per heavy atom. The highest BCUT2D eigenvalue weighted by molar-refractivity contribution is 6.04. The van der Waals surface area contributed by atoms with Crippen LogP contribution in [0, 0.1) is 6.92 Å². The van der Waals surface area contributed by atoms with Crippen molar-refractivity contribution in [3.8, 4) is 0 Å². The molecule has 0 fully saturated rings. The molecule has 0 aromatic carbocycles. The van der Waals surface area contributed by atoms with E-state index in [1.807, 2.05) is 13.0 Å². The highest BCUT2D eigenvalue weighted by Crippen LogP contribution is 2.17. The first-order valence-corrected chi connectivity index (χ1v) is 6.25. The minimum absolute atomic E-state index is 0. The van der Waals surface area contributed by atoms with Gasteiger partial charge in [-0.3, -0.25) is 14.9 Å². The number of aromatic amines is 1. The number of aromatic nitrogens is 3. The SMILES string of the molecule is Cc1cc(NC(=O)c2n[nH]c3c2CNCC3)ccn1.Cl.Cl. The van der Waals surface area contributed by atoms with E-state index in [0.29, 0.717) is 12.2 Å². The number of hydrogen-bond donors (Lipinski definition) is 3. The van der Waals surface area contributed by atoms with Crippen molar-refractivity contribution < 1.29 is 4.79 Å². The van der Waals surface area contributed by atoms with E-state index in [2.05, 4.69) is 25.8 Å². The second-order valence-corrected chi connectivity index (χ2v) is 4.60. The van der Waals surface area contributed by atoms with Crippen LogP contribution in [-0.4, -0.2) is 27.6 Å². The molecule has 1 amide bonds. The van der Waals surface area contributed by atoms with E-state index in [1.165, 1.54) is 0 Å². The fraction of sp³-hybridized carbons (Fsp3) is 0.308. The largest absolute Gasteiger partial charge is 0.320 e. The van der Waals surface area contributed by atoms with Gasteiger partial charge in [0.2, 0.25) is 0 Å². The molecule has 114 valence electrons. The van der Waals surface area contributed by atoms with Crippen molar-refractivity contribution in [2.75, 3.05) is 11.9 Å². The van der Waals surface area contributed by atoms with Gasteiger partial charge in [-0.05, 0) is 19.1 Å². The van der Waals surface area contributed by atoms with Gasteiger partial charge in [-0.15, -0.1) is 24.8 Å². The lowest BCUT2D eigenvalue weighted by molar-refractivity contribution is 0.102. The van der Waals surface area contributed by atoms with Crippen LogP contribution in [0.1, 0.15) is 27.4 Å². The fourth-order valence-electron chi connectivity index (χ4n) is 2.23. The number of nitrogens with zero attached hydrogens (tertiary/aromatic N) is 2. The Labute approximate surface area is 134 Å². The number of halogens is 2. The number of rotatable bonds is 2. The second kappa shape index (κ2) is 7.40. The van der Waals surface area contributed by atoms with E-state index in [1.54, 1.807) is 12.3 Å². The predicted molar refractivity (Wildman–Crippen MR) is 85.4 cm³/mol. The monoisotopic (exact) mass is 329 g/mol. The number of fused-ring (bicyclic) bond motifs is 1. The van der Waals surface area contributed by atoms with E-state index in [0.717, 1.165) is 35.6 Å². The number of carbonyl (C=O) groups excluding carboxylic acids is 1. The second-order valence-electron chi connectivity index (χ2n) is 4.60. The molecule has 2 aromatic heterocycles. The maximum Gasteiger partial charge on any atom is 0.276 e.